The first-order chi connectivity index (χ1) is 8.72. The maximum Gasteiger partial charge on any atom is 0.256 e. The Balaban J connectivity index is 2.11. The van der Waals surface area contributed by atoms with E-state index < -0.39 is 0 Å². The van der Waals surface area contributed by atoms with Crippen molar-refractivity contribution >= 4 is 11.7 Å². The number of pyridine rings is 1. The van der Waals surface area contributed by atoms with Crippen molar-refractivity contribution in [1.82, 2.24) is 15.2 Å². The number of aromatic nitrogens is 3. The molecule has 0 aliphatic rings. The van der Waals surface area contributed by atoms with Crippen LogP contribution < -0.4 is 11.1 Å². The number of aromatic amines is 1. The van der Waals surface area contributed by atoms with Gasteiger partial charge in [0.05, 0.1) is 5.69 Å². The van der Waals surface area contributed by atoms with Gasteiger partial charge in [-0.15, -0.1) is 0 Å². The Bertz CT molecular complexity index is 549. The van der Waals surface area contributed by atoms with Crippen LogP contribution in [0.5, 0.6) is 0 Å². The number of hydrogen-bond acceptors (Lipinski definition) is 4. The molecule has 1 amide bonds. The van der Waals surface area contributed by atoms with Crippen LogP contribution in [-0.4, -0.2) is 21.1 Å². The molecule has 94 valence electrons. The molecule has 0 spiro atoms. The van der Waals surface area contributed by atoms with Gasteiger partial charge in [-0.1, -0.05) is 6.92 Å². The fraction of sp³-hybridized carbons (Fsp3) is 0.250. The van der Waals surface area contributed by atoms with E-state index in [0.29, 0.717) is 23.6 Å². The number of rotatable bonds is 4. The Hall–Kier alpha value is -2.21. The lowest BCUT2D eigenvalue weighted by Gasteiger charge is -2.02. The Kier molecular flexibility index (Phi) is 3.69. The lowest BCUT2D eigenvalue weighted by Crippen LogP contribution is -2.13. The smallest absolute Gasteiger partial charge is 0.256 e. The molecule has 0 saturated heterocycles. The molecule has 2 heterocycles. The second-order valence-electron chi connectivity index (χ2n) is 3.83. The minimum absolute atomic E-state index is 0.221. The molecule has 0 saturated carbocycles. The van der Waals surface area contributed by atoms with Crippen LogP contribution >= 0.6 is 0 Å². The fourth-order valence-corrected chi connectivity index (χ4v) is 1.53. The van der Waals surface area contributed by atoms with E-state index in [1.54, 1.807) is 18.3 Å². The van der Waals surface area contributed by atoms with Crippen molar-refractivity contribution in [3.05, 3.63) is 41.3 Å². The monoisotopic (exact) mass is 245 g/mol. The number of hydrogen-bond donors (Lipinski definition) is 3. The zero-order chi connectivity index (χ0) is 13.0. The first kappa shape index (κ1) is 12.3. The topological polar surface area (TPSA) is 96.7 Å². The summed E-state index contributed by atoms with van der Waals surface area (Å²) in [5.74, 6) is 0.296. The highest BCUT2D eigenvalue weighted by molar-refractivity contribution is 6.03. The van der Waals surface area contributed by atoms with Crippen LogP contribution in [-0.2, 0) is 13.0 Å². The first-order valence-electron chi connectivity index (χ1n) is 5.73. The minimum atomic E-state index is -0.221. The van der Waals surface area contributed by atoms with Gasteiger partial charge in [0.25, 0.3) is 5.91 Å². The number of amides is 1. The molecule has 0 aliphatic carbocycles. The van der Waals surface area contributed by atoms with Gasteiger partial charge in [-0.25, -0.2) is 0 Å². The van der Waals surface area contributed by atoms with Crippen LogP contribution in [0.3, 0.4) is 0 Å². The highest BCUT2D eigenvalue weighted by atomic mass is 16.1. The van der Waals surface area contributed by atoms with Gasteiger partial charge in [0.1, 0.15) is 0 Å². The average molecular weight is 245 g/mol. The molecule has 0 atom stereocenters. The molecule has 0 fully saturated rings. The number of nitrogens with zero attached hydrogens (tertiary/aromatic N) is 2. The van der Waals surface area contributed by atoms with Crippen LogP contribution in [0.4, 0.5) is 5.82 Å². The molecule has 2 aromatic rings. The summed E-state index contributed by atoms with van der Waals surface area (Å²) in [5.41, 5.74) is 7.66. The zero-order valence-corrected chi connectivity index (χ0v) is 10.1. The first-order valence-corrected chi connectivity index (χ1v) is 5.73. The predicted octanol–water partition coefficient (Wildman–Crippen LogP) is 1.08. The van der Waals surface area contributed by atoms with Crippen LogP contribution in [0.15, 0.2) is 24.4 Å². The normalized spacial score (nSPS) is 10.3. The van der Waals surface area contributed by atoms with E-state index in [2.05, 4.69) is 20.5 Å². The van der Waals surface area contributed by atoms with Gasteiger partial charge in [-0.2, -0.15) is 5.10 Å². The largest absolute Gasteiger partial charge is 0.325 e. The number of H-pyrrole nitrogens is 1. The SMILES string of the molecule is CCc1cc(NC(=O)c2ccnc(CN)c2)n[nH]1. The van der Waals surface area contributed by atoms with E-state index >= 15 is 0 Å². The minimum Gasteiger partial charge on any atom is -0.325 e. The molecule has 0 aliphatic heterocycles. The van der Waals surface area contributed by atoms with Crippen molar-refractivity contribution < 1.29 is 4.79 Å². The molecule has 18 heavy (non-hydrogen) atoms. The summed E-state index contributed by atoms with van der Waals surface area (Å²) in [6, 6.07) is 5.12. The van der Waals surface area contributed by atoms with Crippen molar-refractivity contribution in [3.63, 3.8) is 0 Å². The van der Waals surface area contributed by atoms with E-state index in [4.69, 9.17) is 5.73 Å². The molecule has 0 unspecified atom stereocenters. The van der Waals surface area contributed by atoms with Gasteiger partial charge < -0.3 is 11.1 Å². The Morgan fingerprint density at radius 1 is 1.50 bits per heavy atom. The van der Waals surface area contributed by atoms with Gasteiger partial charge in [0.2, 0.25) is 0 Å². The van der Waals surface area contributed by atoms with Gasteiger partial charge in [0, 0.05) is 30.1 Å². The summed E-state index contributed by atoms with van der Waals surface area (Å²) in [6.07, 6.45) is 2.41. The van der Waals surface area contributed by atoms with Gasteiger partial charge in [-0.3, -0.25) is 14.9 Å². The maximum absolute atomic E-state index is 11.9. The Morgan fingerprint density at radius 2 is 2.33 bits per heavy atom. The second-order valence-corrected chi connectivity index (χ2v) is 3.83. The van der Waals surface area contributed by atoms with E-state index in [-0.39, 0.29) is 5.91 Å². The summed E-state index contributed by atoms with van der Waals surface area (Å²) in [7, 11) is 0. The van der Waals surface area contributed by atoms with E-state index in [1.165, 1.54) is 0 Å². The predicted molar refractivity (Wildman–Crippen MR) is 68.0 cm³/mol. The van der Waals surface area contributed by atoms with Crippen molar-refractivity contribution in [2.45, 2.75) is 19.9 Å². The highest BCUT2D eigenvalue weighted by Crippen LogP contribution is 2.09. The number of aryl methyl sites for hydroxylation is 1. The van der Waals surface area contributed by atoms with Crippen molar-refractivity contribution in [3.8, 4) is 0 Å². The zero-order valence-electron chi connectivity index (χ0n) is 10.1. The third-order valence-electron chi connectivity index (χ3n) is 2.54. The van der Waals surface area contributed by atoms with Gasteiger partial charge >= 0.3 is 0 Å². The molecular formula is C12H15N5O. The van der Waals surface area contributed by atoms with Crippen LogP contribution in [0.1, 0.15) is 28.7 Å². The van der Waals surface area contributed by atoms with E-state index in [0.717, 1.165) is 12.1 Å². The van der Waals surface area contributed by atoms with Crippen LogP contribution in [0, 0.1) is 0 Å². The molecule has 0 radical (unpaired) electrons. The van der Waals surface area contributed by atoms with E-state index in [1.807, 2.05) is 13.0 Å². The molecule has 0 bridgehead atoms. The lowest BCUT2D eigenvalue weighted by atomic mass is 10.2. The third kappa shape index (κ3) is 2.72. The number of nitrogens with one attached hydrogen (secondary N) is 2. The summed E-state index contributed by atoms with van der Waals surface area (Å²) >= 11 is 0. The Labute approximate surface area is 105 Å². The maximum atomic E-state index is 11.9. The highest BCUT2D eigenvalue weighted by Gasteiger charge is 2.08. The van der Waals surface area contributed by atoms with Gasteiger partial charge in [-0.05, 0) is 18.6 Å². The van der Waals surface area contributed by atoms with E-state index in [9.17, 15) is 4.79 Å². The number of carbonyl (C=O) groups excluding carboxylic acids is 1. The molecule has 0 aromatic carbocycles. The lowest BCUT2D eigenvalue weighted by molar-refractivity contribution is 0.102. The second kappa shape index (κ2) is 5.42. The fourth-order valence-electron chi connectivity index (χ4n) is 1.53. The number of anilines is 1. The quantitative estimate of drug-likeness (QED) is 0.750. The number of nitrogens with two attached hydrogens (primary N) is 1. The van der Waals surface area contributed by atoms with Gasteiger partial charge in [0.15, 0.2) is 5.82 Å². The summed E-state index contributed by atoms with van der Waals surface area (Å²) in [5, 5.41) is 9.55. The molecule has 4 N–H and O–H groups in total. The summed E-state index contributed by atoms with van der Waals surface area (Å²) < 4.78 is 0. The van der Waals surface area contributed by atoms with Crippen molar-refractivity contribution in [2.24, 2.45) is 5.73 Å². The van der Waals surface area contributed by atoms with Crippen LogP contribution in [0.25, 0.3) is 0 Å². The molecule has 2 aromatic heterocycles. The average Bonchev–Trinajstić information content (AvgIpc) is 2.86. The summed E-state index contributed by atoms with van der Waals surface area (Å²) in [4.78, 5) is 16.0. The molecule has 6 nitrogen and oxygen atoms in total. The summed E-state index contributed by atoms with van der Waals surface area (Å²) in [6.45, 7) is 2.32. The van der Waals surface area contributed by atoms with Crippen molar-refractivity contribution in [2.75, 3.05) is 5.32 Å². The van der Waals surface area contributed by atoms with Crippen LogP contribution in [0.2, 0.25) is 0 Å². The molecule has 2 rings (SSSR count). The molecule has 6 heteroatoms. The Morgan fingerprint density at radius 3 is 3.00 bits per heavy atom. The van der Waals surface area contributed by atoms with Crippen molar-refractivity contribution in [1.29, 1.82) is 0 Å². The molecular weight excluding hydrogens is 230 g/mol. The number of carbonyl (C=O) groups is 1. The standard InChI is InChI=1S/C12H15N5O/c1-2-9-6-11(17-16-9)15-12(18)8-3-4-14-10(5-8)7-13/h3-6H,2,7,13H2,1H3,(H2,15,16,17,18). The third-order valence-corrected chi connectivity index (χ3v) is 2.54.